The topological polar surface area (TPSA) is 54.4 Å². The maximum atomic E-state index is 11.8. The van der Waals surface area contributed by atoms with Crippen molar-refractivity contribution < 1.29 is 14.7 Å². The average Bonchev–Trinajstić information content (AvgIpc) is 2.26. The summed E-state index contributed by atoms with van der Waals surface area (Å²) in [6.07, 6.45) is 0. The molecule has 0 spiro atoms. The van der Waals surface area contributed by atoms with Crippen LogP contribution in [-0.2, 0) is 10.2 Å². The van der Waals surface area contributed by atoms with Gasteiger partial charge in [0.2, 0.25) is 0 Å². The number of carbonyl (C=O) groups excluding carboxylic acids is 1. The molecule has 1 atom stereocenters. The summed E-state index contributed by atoms with van der Waals surface area (Å²) in [7, 11) is 0. The normalized spacial score (nSPS) is 13.2. The summed E-state index contributed by atoms with van der Waals surface area (Å²) in [6, 6.07) is 7.15. The van der Waals surface area contributed by atoms with Crippen molar-refractivity contribution in [3.05, 3.63) is 35.4 Å². The Morgan fingerprint density at radius 2 is 1.59 bits per heavy atom. The Morgan fingerprint density at radius 1 is 1.12 bits per heavy atom. The number of carboxylic acids is 1. The highest BCUT2D eigenvalue weighted by Gasteiger charge is 2.22. The number of hydrogen-bond donors (Lipinski definition) is 1. The molecule has 1 unspecified atom stereocenters. The van der Waals surface area contributed by atoms with E-state index < -0.39 is 11.9 Å². The number of rotatable bonds is 3. The number of ketones is 1. The van der Waals surface area contributed by atoms with Crippen molar-refractivity contribution >= 4 is 11.8 Å². The van der Waals surface area contributed by atoms with Gasteiger partial charge in [-0.2, -0.15) is 0 Å². The number of benzene rings is 1. The van der Waals surface area contributed by atoms with E-state index >= 15 is 0 Å². The number of carboxylic acid groups (broad SMARTS) is 1. The standard InChI is InChI=1S/C14H18O3/c1-9(13(16)17)12(15)10-5-7-11(8-6-10)14(2,3)4/h5-9H,1-4H3,(H,16,17). The van der Waals surface area contributed by atoms with E-state index in [9.17, 15) is 9.59 Å². The summed E-state index contributed by atoms with van der Waals surface area (Å²) in [5.74, 6) is -2.43. The number of Topliss-reactive ketones (excluding diaryl/α,β-unsaturated/α-hetero) is 1. The van der Waals surface area contributed by atoms with Crippen LogP contribution in [0.25, 0.3) is 0 Å². The van der Waals surface area contributed by atoms with Crippen LogP contribution in [-0.4, -0.2) is 16.9 Å². The van der Waals surface area contributed by atoms with Gasteiger partial charge < -0.3 is 5.11 Å². The van der Waals surface area contributed by atoms with Gasteiger partial charge in [-0.25, -0.2) is 0 Å². The monoisotopic (exact) mass is 234 g/mol. The Kier molecular flexibility index (Phi) is 3.71. The zero-order chi connectivity index (χ0) is 13.2. The molecular weight excluding hydrogens is 216 g/mol. The van der Waals surface area contributed by atoms with Crippen molar-refractivity contribution in [3.63, 3.8) is 0 Å². The summed E-state index contributed by atoms with van der Waals surface area (Å²) in [5, 5.41) is 8.78. The van der Waals surface area contributed by atoms with Gasteiger partial charge in [0.1, 0.15) is 5.92 Å². The van der Waals surface area contributed by atoms with E-state index in [-0.39, 0.29) is 11.2 Å². The van der Waals surface area contributed by atoms with Gasteiger partial charge in [0, 0.05) is 5.56 Å². The fourth-order valence-electron chi connectivity index (χ4n) is 1.50. The second-order valence-corrected chi connectivity index (χ2v) is 5.25. The number of aliphatic carboxylic acids is 1. The molecule has 0 heterocycles. The molecule has 92 valence electrons. The van der Waals surface area contributed by atoms with Gasteiger partial charge >= 0.3 is 5.97 Å². The maximum Gasteiger partial charge on any atom is 0.314 e. The van der Waals surface area contributed by atoms with Crippen LogP contribution in [0.2, 0.25) is 0 Å². The first-order valence-electron chi connectivity index (χ1n) is 5.61. The van der Waals surface area contributed by atoms with Crippen molar-refractivity contribution in [3.8, 4) is 0 Å². The lowest BCUT2D eigenvalue weighted by Gasteiger charge is -2.19. The van der Waals surface area contributed by atoms with Crippen LogP contribution in [0.3, 0.4) is 0 Å². The predicted octanol–water partition coefficient (Wildman–Crippen LogP) is 2.89. The van der Waals surface area contributed by atoms with Crippen molar-refractivity contribution in [2.75, 3.05) is 0 Å². The third-order valence-electron chi connectivity index (χ3n) is 2.80. The Hall–Kier alpha value is -1.64. The van der Waals surface area contributed by atoms with Crippen LogP contribution >= 0.6 is 0 Å². The van der Waals surface area contributed by atoms with Crippen molar-refractivity contribution in [2.24, 2.45) is 5.92 Å². The third kappa shape index (κ3) is 3.16. The molecule has 0 bridgehead atoms. The quantitative estimate of drug-likeness (QED) is 0.646. The zero-order valence-corrected chi connectivity index (χ0v) is 10.7. The zero-order valence-electron chi connectivity index (χ0n) is 10.7. The van der Waals surface area contributed by atoms with Gasteiger partial charge in [0.05, 0.1) is 0 Å². The Morgan fingerprint density at radius 3 is 1.94 bits per heavy atom. The average molecular weight is 234 g/mol. The van der Waals surface area contributed by atoms with Crippen molar-refractivity contribution in [1.29, 1.82) is 0 Å². The first-order chi connectivity index (χ1) is 7.73. The van der Waals surface area contributed by atoms with Gasteiger partial charge in [-0.3, -0.25) is 9.59 Å². The van der Waals surface area contributed by atoms with Gasteiger partial charge in [-0.15, -0.1) is 0 Å². The molecule has 1 aromatic carbocycles. The summed E-state index contributed by atoms with van der Waals surface area (Å²) < 4.78 is 0. The molecule has 0 saturated carbocycles. The Labute approximate surface area is 101 Å². The second-order valence-electron chi connectivity index (χ2n) is 5.25. The molecular formula is C14H18O3. The van der Waals surface area contributed by atoms with E-state index in [4.69, 9.17) is 5.11 Å². The first kappa shape index (κ1) is 13.4. The lowest BCUT2D eigenvalue weighted by atomic mass is 9.86. The highest BCUT2D eigenvalue weighted by molar-refractivity contribution is 6.07. The smallest absolute Gasteiger partial charge is 0.314 e. The molecule has 0 saturated heterocycles. The maximum absolute atomic E-state index is 11.8. The van der Waals surface area contributed by atoms with Crippen LogP contribution in [0.4, 0.5) is 0 Å². The number of hydrogen-bond acceptors (Lipinski definition) is 2. The van der Waals surface area contributed by atoms with Crippen molar-refractivity contribution in [2.45, 2.75) is 33.1 Å². The van der Waals surface area contributed by atoms with Gasteiger partial charge in [-0.05, 0) is 17.9 Å². The fraction of sp³-hybridized carbons (Fsp3) is 0.429. The van der Waals surface area contributed by atoms with E-state index in [1.54, 1.807) is 12.1 Å². The highest BCUT2D eigenvalue weighted by Crippen LogP contribution is 2.22. The fourth-order valence-corrected chi connectivity index (χ4v) is 1.50. The molecule has 0 aromatic heterocycles. The molecule has 1 rings (SSSR count). The summed E-state index contributed by atoms with van der Waals surface area (Å²) in [5.41, 5.74) is 1.60. The molecule has 1 N–H and O–H groups in total. The van der Waals surface area contributed by atoms with E-state index in [0.717, 1.165) is 5.56 Å². The minimum atomic E-state index is -1.09. The van der Waals surface area contributed by atoms with E-state index in [0.29, 0.717) is 5.56 Å². The van der Waals surface area contributed by atoms with Gasteiger partial charge in [-0.1, -0.05) is 45.0 Å². The second kappa shape index (κ2) is 4.70. The highest BCUT2D eigenvalue weighted by atomic mass is 16.4. The van der Waals surface area contributed by atoms with E-state index in [1.807, 2.05) is 12.1 Å². The Bertz CT molecular complexity index is 424. The van der Waals surface area contributed by atoms with Crippen LogP contribution in [0.15, 0.2) is 24.3 Å². The van der Waals surface area contributed by atoms with Gasteiger partial charge in [0.25, 0.3) is 0 Å². The lowest BCUT2D eigenvalue weighted by molar-refractivity contribution is -0.139. The minimum absolute atomic E-state index is 0.0278. The van der Waals surface area contributed by atoms with Crippen molar-refractivity contribution in [1.82, 2.24) is 0 Å². The molecule has 0 fully saturated rings. The van der Waals surface area contributed by atoms with Crippen LogP contribution in [0.1, 0.15) is 43.6 Å². The van der Waals surface area contributed by atoms with Crippen LogP contribution in [0, 0.1) is 5.92 Å². The molecule has 0 radical (unpaired) electrons. The third-order valence-corrected chi connectivity index (χ3v) is 2.80. The Balaban J connectivity index is 2.96. The summed E-state index contributed by atoms with van der Waals surface area (Å²) in [4.78, 5) is 22.5. The first-order valence-corrected chi connectivity index (χ1v) is 5.61. The molecule has 17 heavy (non-hydrogen) atoms. The minimum Gasteiger partial charge on any atom is -0.481 e. The van der Waals surface area contributed by atoms with E-state index in [1.165, 1.54) is 6.92 Å². The largest absolute Gasteiger partial charge is 0.481 e. The molecule has 1 aromatic rings. The SMILES string of the molecule is CC(C(=O)O)C(=O)c1ccc(C(C)(C)C)cc1. The van der Waals surface area contributed by atoms with Crippen LogP contribution in [0.5, 0.6) is 0 Å². The van der Waals surface area contributed by atoms with Gasteiger partial charge in [0.15, 0.2) is 5.78 Å². The summed E-state index contributed by atoms with van der Waals surface area (Å²) >= 11 is 0. The van der Waals surface area contributed by atoms with Crippen LogP contribution < -0.4 is 0 Å². The van der Waals surface area contributed by atoms with E-state index in [2.05, 4.69) is 20.8 Å². The molecule has 3 nitrogen and oxygen atoms in total. The molecule has 0 aliphatic carbocycles. The summed E-state index contributed by atoms with van der Waals surface area (Å²) in [6.45, 7) is 7.67. The lowest BCUT2D eigenvalue weighted by Crippen LogP contribution is -2.20. The molecule has 0 amide bonds. The predicted molar refractivity (Wildman–Crippen MR) is 66.3 cm³/mol. The molecule has 0 aliphatic rings. The number of carbonyl (C=O) groups is 2. The molecule has 0 aliphatic heterocycles. The molecule has 3 heteroatoms.